The van der Waals surface area contributed by atoms with E-state index in [1.165, 1.54) is 0 Å². The predicted molar refractivity (Wildman–Crippen MR) is 112 cm³/mol. The van der Waals surface area contributed by atoms with Crippen LogP contribution in [-0.4, -0.2) is 49.6 Å². The summed E-state index contributed by atoms with van der Waals surface area (Å²) in [7, 11) is 0. The van der Waals surface area contributed by atoms with Gasteiger partial charge in [0.2, 0.25) is 11.8 Å². The largest absolute Gasteiger partial charge is 0.494 e. The topological polar surface area (TPSA) is 93.9 Å². The number of nitrogens with zero attached hydrogens (tertiary/aromatic N) is 1. The van der Waals surface area contributed by atoms with Crippen molar-refractivity contribution in [3.8, 4) is 11.5 Å². The Morgan fingerprint density at radius 3 is 2.28 bits per heavy atom. The molecule has 0 saturated carbocycles. The quantitative estimate of drug-likeness (QED) is 0.502. The molecule has 7 nitrogen and oxygen atoms in total. The zero-order valence-corrected chi connectivity index (χ0v) is 16.8. The summed E-state index contributed by atoms with van der Waals surface area (Å²) in [6.07, 6.45) is 0.209. The first kappa shape index (κ1) is 22.2. The second kappa shape index (κ2) is 12.4. The lowest BCUT2D eigenvalue weighted by molar-refractivity contribution is -0.123. The van der Waals surface area contributed by atoms with E-state index in [1.807, 2.05) is 66.4 Å². The number of nitrogens with one attached hydrogen (secondary N) is 1. The number of amides is 2. The van der Waals surface area contributed by atoms with Crippen molar-refractivity contribution >= 4 is 11.8 Å². The first-order chi connectivity index (χ1) is 14.1. The molecule has 0 saturated heterocycles. The van der Waals surface area contributed by atoms with Crippen LogP contribution in [0.15, 0.2) is 54.6 Å². The Labute approximate surface area is 171 Å². The van der Waals surface area contributed by atoms with Crippen LogP contribution in [0.4, 0.5) is 0 Å². The normalized spacial score (nSPS) is 10.6. The van der Waals surface area contributed by atoms with Crippen molar-refractivity contribution in [2.45, 2.75) is 19.9 Å². The number of hydrogen-bond donors (Lipinski definition) is 2. The summed E-state index contributed by atoms with van der Waals surface area (Å²) < 4.78 is 11.0. The van der Waals surface area contributed by atoms with Crippen LogP contribution in [0.2, 0.25) is 0 Å². The molecule has 0 aliphatic heterocycles. The minimum atomic E-state index is -0.382. The van der Waals surface area contributed by atoms with Crippen LogP contribution in [0.1, 0.15) is 18.9 Å². The van der Waals surface area contributed by atoms with Gasteiger partial charge < -0.3 is 20.5 Å². The number of benzene rings is 2. The van der Waals surface area contributed by atoms with Gasteiger partial charge in [-0.15, -0.1) is 0 Å². The van der Waals surface area contributed by atoms with Gasteiger partial charge in [0, 0.05) is 19.5 Å². The zero-order valence-electron chi connectivity index (χ0n) is 16.8. The fourth-order valence-electron chi connectivity index (χ4n) is 2.74. The Morgan fingerprint density at radius 1 is 1.00 bits per heavy atom. The van der Waals surface area contributed by atoms with Gasteiger partial charge >= 0.3 is 0 Å². The molecule has 2 aromatic carbocycles. The SMILES string of the molecule is CCOc1ccc(OCCNC(=O)CN(CCC(N)=O)Cc2ccccc2)cc1. The molecule has 29 heavy (non-hydrogen) atoms. The average molecular weight is 399 g/mol. The highest BCUT2D eigenvalue weighted by Gasteiger charge is 2.12. The summed E-state index contributed by atoms with van der Waals surface area (Å²) >= 11 is 0. The third-order valence-corrected chi connectivity index (χ3v) is 4.12. The van der Waals surface area contributed by atoms with Crippen LogP contribution in [0.25, 0.3) is 0 Å². The standard InChI is InChI=1S/C22H29N3O4/c1-2-28-19-8-10-20(11-9-19)29-15-13-24-22(27)17-25(14-12-21(23)26)16-18-6-4-3-5-7-18/h3-11H,2,12-17H2,1H3,(H2,23,26)(H,24,27). The summed E-state index contributed by atoms with van der Waals surface area (Å²) in [6, 6.07) is 17.2. The van der Waals surface area contributed by atoms with Crippen molar-refractivity contribution in [1.29, 1.82) is 0 Å². The molecule has 0 aliphatic rings. The van der Waals surface area contributed by atoms with E-state index in [1.54, 1.807) is 0 Å². The number of rotatable bonds is 13. The van der Waals surface area contributed by atoms with Gasteiger partial charge in [0.25, 0.3) is 0 Å². The van der Waals surface area contributed by atoms with E-state index in [4.69, 9.17) is 15.2 Å². The number of carbonyl (C=O) groups is 2. The Morgan fingerprint density at radius 2 is 1.66 bits per heavy atom. The molecule has 2 rings (SSSR count). The maximum Gasteiger partial charge on any atom is 0.234 e. The summed E-state index contributed by atoms with van der Waals surface area (Å²) in [5.41, 5.74) is 6.33. The molecular formula is C22H29N3O4. The molecule has 0 aromatic heterocycles. The van der Waals surface area contributed by atoms with Gasteiger partial charge in [-0.1, -0.05) is 30.3 Å². The maximum absolute atomic E-state index is 12.3. The molecule has 0 unspecified atom stereocenters. The van der Waals surface area contributed by atoms with Gasteiger partial charge in [-0.3, -0.25) is 14.5 Å². The van der Waals surface area contributed by atoms with Crippen molar-refractivity contribution in [2.75, 3.05) is 32.8 Å². The van der Waals surface area contributed by atoms with Crippen LogP contribution in [0.5, 0.6) is 11.5 Å². The second-order valence-electron chi connectivity index (χ2n) is 6.52. The van der Waals surface area contributed by atoms with Gasteiger partial charge in [-0.2, -0.15) is 0 Å². The maximum atomic E-state index is 12.3. The van der Waals surface area contributed by atoms with Crippen molar-refractivity contribution in [1.82, 2.24) is 10.2 Å². The molecular weight excluding hydrogens is 370 g/mol. The number of primary amides is 1. The second-order valence-corrected chi connectivity index (χ2v) is 6.52. The van der Waals surface area contributed by atoms with Gasteiger partial charge in [-0.25, -0.2) is 0 Å². The number of ether oxygens (including phenoxy) is 2. The van der Waals surface area contributed by atoms with E-state index < -0.39 is 0 Å². The molecule has 0 bridgehead atoms. The number of nitrogens with two attached hydrogens (primary N) is 1. The van der Waals surface area contributed by atoms with E-state index in [0.717, 1.165) is 17.1 Å². The lowest BCUT2D eigenvalue weighted by Crippen LogP contribution is -2.39. The molecule has 2 aromatic rings. The van der Waals surface area contributed by atoms with E-state index in [2.05, 4.69) is 5.32 Å². The lowest BCUT2D eigenvalue weighted by atomic mass is 10.2. The van der Waals surface area contributed by atoms with Crippen molar-refractivity contribution < 1.29 is 19.1 Å². The lowest BCUT2D eigenvalue weighted by Gasteiger charge is -2.21. The summed E-state index contributed by atoms with van der Waals surface area (Å²) in [6.45, 7) is 4.49. The predicted octanol–water partition coefficient (Wildman–Crippen LogP) is 1.96. The smallest absolute Gasteiger partial charge is 0.234 e. The average Bonchev–Trinajstić information content (AvgIpc) is 2.71. The van der Waals surface area contributed by atoms with E-state index in [9.17, 15) is 9.59 Å². The summed E-state index contributed by atoms with van der Waals surface area (Å²) in [4.78, 5) is 25.3. The first-order valence-corrected chi connectivity index (χ1v) is 9.73. The van der Waals surface area contributed by atoms with E-state index >= 15 is 0 Å². The zero-order chi connectivity index (χ0) is 20.9. The molecule has 0 atom stereocenters. The highest BCUT2D eigenvalue weighted by molar-refractivity contribution is 5.78. The van der Waals surface area contributed by atoms with Gasteiger partial charge in [0.05, 0.1) is 19.7 Å². The first-order valence-electron chi connectivity index (χ1n) is 9.73. The van der Waals surface area contributed by atoms with Crippen LogP contribution >= 0.6 is 0 Å². The van der Waals surface area contributed by atoms with Crippen LogP contribution in [-0.2, 0) is 16.1 Å². The molecule has 0 fully saturated rings. The molecule has 156 valence electrons. The molecule has 0 aliphatic carbocycles. The molecule has 3 N–H and O–H groups in total. The highest BCUT2D eigenvalue weighted by atomic mass is 16.5. The summed E-state index contributed by atoms with van der Waals surface area (Å²) in [5.74, 6) is 1.01. The Balaban J connectivity index is 1.74. The summed E-state index contributed by atoms with van der Waals surface area (Å²) in [5, 5.41) is 2.84. The van der Waals surface area contributed by atoms with Crippen molar-refractivity contribution in [3.05, 3.63) is 60.2 Å². The van der Waals surface area contributed by atoms with Gasteiger partial charge in [0.15, 0.2) is 0 Å². The van der Waals surface area contributed by atoms with Crippen LogP contribution in [0.3, 0.4) is 0 Å². The monoisotopic (exact) mass is 399 g/mol. The van der Waals surface area contributed by atoms with Gasteiger partial charge in [0.1, 0.15) is 18.1 Å². The number of carbonyl (C=O) groups excluding carboxylic acids is 2. The minimum Gasteiger partial charge on any atom is -0.494 e. The molecule has 0 spiro atoms. The van der Waals surface area contributed by atoms with Crippen molar-refractivity contribution in [3.63, 3.8) is 0 Å². The van der Waals surface area contributed by atoms with E-state index in [0.29, 0.717) is 32.8 Å². The third-order valence-electron chi connectivity index (χ3n) is 4.12. The Kier molecular flexibility index (Phi) is 9.51. The highest BCUT2D eigenvalue weighted by Crippen LogP contribution is 2.17. The fraction of sp³-hybridized carbons (Fsp3) is 0.364. The Hall–Kier alpha value is -3.06. The molecule has 7 heteroatoms. The van der Waals surface area contributed by atoms with Crippen LogP contribution < -0.4 is 20.5 Å². The third kappa shape index (κ3) is 9.12. The Bertz CT molecular complexity index is 750. The number of hydrogen-bond acceptors (Lipinski definition) is 5. The van der Waals surface area contributed by atoms with Gasteiger partial charge in [-0.05, 0) is 36.8 Å². The van der Waals surface area contributed by atoms with E-state index in [-0.39, 0.29) is 24.8 Å². The van der Waals surface area contributed by atoms with Crippen LogP contribution in [0, 0.1) is 0 Å². The fourth-order valence-corrected chi connectivity index (χ4v) is 2.74. The molecule has 0 heterocycles. The van der Waals surface area contributed by atoms with Crippen molar-refractivity contribution in [2.24, 2.45) is 5.73 Å². The molecule has 0 radical (unpaired) electrons. The minimum absolute atomic E-state index is 0.124. The molecule has 2 amide bonds.